The van der Waals surface area contributed by atoms with E-state index in [2.05, 4.69) is 21.2 Å². The number of carbonyl (C=O) groups is 1. The number of hydrogen-bond donors (Lipinski definition) is 2. The molecule has 0 aliphatic carbocycles. The van der Waals surface area contributed by atoms with Gasteiger partial charge in [0.1, 0.15) is 0 Å². The molecule has 0 fully saturated rings. The van der Waals surface area contributed by atoms with E-state index in [1.807, 2.05) is 13.8 Å². The summed E-state index contributed by atoms with van der Waals surface area (Å²) in [6.45, 7) is 4.02. The van der Waals surface area contributed by atoms with E-state index in [9.17, 15) is 18.0 Å². The van der Waals surface area contributed by atoms with E-state index < -0.39 is 23.2 Å². The van der Waals surface area contributed by atoms with Crippen LogP contribution in [0, 0.1) is 0 Å². The summed E-state index contributed by atoms with van der Waals surface area (Å²) in [4.78, 5) is 12.0. The Bertz CT molecular complexity index is 513. The number of alkyl halides is 3. The van der Waals surface area contributed by atoms with Gasteiger partial charge in [0, 0.05) is 22.1 Å². The molecule has 7 heteroatoms. The average molecular weight is 367 g/mol. The topological polar surface area (TPSA) is 55.1 Å². The fourth-order valence-corrected chi connectivity index (χ4v) is 2.21. The molecule has 1 aromatic rings. The maximum atomic E-state index is 12.8. The zero-order valence-corrected chi connectivity index (χ0v) is 13.4. The second-order valence-electron chi connectivity index (χ2n) is 4.94. The van der Waals surface area contributed by atoms with Gasteiger partial charge in [0.15, 0.2) is 0 Å². The Hall–Kier alpha value is -1.08. The maximum Gasteiger partial charge on any atom is 0.417 e. The van der Waals surface area contributed by atoms with Gasteiger partial charge in [0.2, 0.25) is 0 Å². The lowest BCUT2D eigenvalue weighted by molar-refractivity contribution is -0.138. The molecule has 0 bridgehead atoms. The van der Waals surface area contributed by atoms with E-state index in [4.69, 9.17) is 5.73 Å². The van der Waals surface area contributed by atoms with Crippen LogP contribution in [0.2, 0.25) is 0 Å². The fraction of sp³-hybridized carbons (Fsp3) is 0.500. The summed E-state index contributed by atoms with van der Waals surface area (Å²) in [5.41, 5.74) is 4.58. The lowest BCUT2D eigenvalue weighted by Gasteiger charge is -2.26. The molecule has 3 N–H and O–H groups in total. The Balaban J connectivity index is 2.89. The minimum absolute atomic E-state index is 0.0416. The van der Waals surface area contributed by atoms with Gasteiger partial charge in [0.05, 0.1) is 5.56 Å². The van der Waals surface area contributed by atoms with Crippen molar-refractivity contribution in [3.63, 3.8) is 0 Å². The predicted molar refractivity (Wildman–Crippen MR) is 79.0 cm³/mol. The number of amides is 1. The van der Waals surface area contributed by atoms with Crippen molar-refractivity contribution in [2.24, 2.45) is 5.73 Å². The highest BCUT2D eigenvalue weighted by Crippen LogP contribution is 2.35. The average Bonchev–Trinajstić information content (AvgIpc) is 2.43. The van der Waals surface area contributed by atoms with Gasteiger partial charge in [-0.3, -0.25) is 4.79 Å². The number of nitrogens with one attached hydrogen (secondary N) is 1. The minimum Gasteiger partial charge on any atom is -0.350 e. The summed E-state index contributed by atoms with van der Waals surface area (Å²) in [7, 11) is 0. The van der Waals surface area contributed by atoms with Crippen molar-refractivity contribution in [1.82, 2.24) is 5.32 Å². The number of benzene rings is 1. The number of hydrogen-bond acceptors (Lipinski definition) is 2. The molecule has 0 radical (unpaired) electrons. The molecule has 1 amide bonds. The van der Waals surface area contributed by atoms with Gasteiger partial charge < -0.3 is 11.1 Å². The highest BCUT2D eigenvalue weighted by molar-refractivity contribution is 9.10. The second kappa shape index (κ2) is 6.79. The van der Waals surface area contributed by atoms with Crippen molar-refractivity contribution in [1.29, 1.82) is 0 Å². The van der Waals surface area contributed by atoms with Gasteiger partial charge in [-0.25, -0.2) is 0 Å². The van der Waals surface area contributed by atoms with Crippen LogP contribution < -0.4 is 11.1 Å². The Morgan fingerprint density at radius 2 is 1.86 bits per heavy atom. The molecule has 1 aromatic carbocycles. The van der Waals surface area contributed by atoms with Crippen molar-refractivity contribution in [2.45, 2.75) is 38.4 Å². The van der Waals surface area contributed by atoms with Crippen LogP contribution in [0.4, 0.5) is 13.2 Å². The smallest absolute Gasteiger partial charge is 0.350 e. The first-order chi connectivity index (χ1) is 9.63. The van der Waals surface area contributed by atoms with Gasteiger partial charge in [-0.1, -0.05) is 29.8 Å². The van der Waals surface area contributed by atoms with Crippen LogP contribution in [0.5, 0.6) is 0 Å². The molecule has 0 aromatic heterocycles. The molecule has 1 rings (SSSR count). The van der Waals surface area contributed by atoms with Crippen molar-refractivity contribution < 1.29 is 18.0 Å². The Morgan fingerprint density at radius 3 is 2.33 bits per heavy atom. The number of nitrogens with two attached hydrogens (primary N) is 1. The van der Waals surface area contributed by atoms with E-state index >= 15 is 0 Å². The number of carbonyl (C=O) groups excluding carboxylic acids is 1. The van der Waals surface area contributed by atoms with Crippen LogP contribution in [0.25, 0.3) is 0 Å². The first kappa shape index (κ1) is 18.0. The standard InChI is InChI=1S/C14H18BrF3N2O/c1-3-13(19,4-2)8-20-12(21)9-5-6-11(15)10(7-9)14(16,17)18/h5-7H,3-4,8,19H2,1-2H3,(H,20,21). The first-order valence-corrected chi connectivity index (χ1v) is 7.36. The zero-order chi connectivity index (χ0) is 16.3. The Labute approximate surface area is 130 Å². The Morgan fingerprint density at radius 1 is 1.29 bits per heavy atom. The molecular weight excluding hydrogens is 349 g/mol. The SMILES string of the molecule is CCC(N)(CC)CNC(=O)c1ccc(Br)c(C(F)(F)F)c1. The molecule has 0 unspecified atom stereocenters. The van der Waals surface area contributed by atoms with Gasteiger partial charge in [-0.15, -0.1) is 0 Å². The summed E-state index contributed by atoms with van der Waals surface area (Å²) in [6.07, 6.45) is -3.19. The van der Waals surface area contributed by atoms with Gasteiger partial charge in [-0.2, -0.15) is 13.2 Å². The van der Waals surface area contributed by atoms with Crippen molar-refractivity contribution in [3.05, 3.63) is 33.8 Å². The molecule has 0 spiro atoms. The van der Waals surface area contributed by atoms with Gasteiger partial charge in [0.25, 0.3) is 5.91 Å². The molecule has 0 heterocycles. The van der Waals surface area contributed by atoms with Crippen molar-refractivity contribution in [3.8, 4) is 0 Å². The van der Waals surface area contributed by atoms with Gasteiger partial charge >= 0.3 is 6.18 Å². The van der Waals surface area contributed by atoms with Crippen LogP contribution >= 0.6 is 15.9 Å². The third-order valence-corrected chi connectivity index (χ3v) is 4.23. The first-order valence-electron chi connectivity index (χ1n) is 6.57. The molecule has 21 heavy (non-hydrogen) atoms. The molecular formula is C14H18BrF3N2O. The van der Waals surface area contributed by atoms with Crippen LogP contribution in [0.15, 0.2) is 22.7 Å². The number of halogens is 4. The summed E-state index contributed by atoms with van der Waals surface area (Å²) < 4.78 is 38.3. The quantitative estimate of drug-likeness (QED) is 0.834. The summed E-state index contributed by atoms with van der Waals surface area (Å²) >= 11 is 2.84. The highest BCUT2D eigenvalue weighted by atomic mass is 79.9. The van der Waals surface area contributed by atoms with Crippen LogP contribution in [-0.2, 0) is 6.18 Å². The summed E-state index contributed by atoms with van der Waals surface area (Å²) in [5.74, 6) is -0.565. The van der Waals surface area contributed by atoms with E-state index in [-0.39, 0.29) is 16.6 Å². The lowest BCUT2D eigenvalue weighted by Crippen LogP contribution is -2.49. The third-order valence-electron chi connectivity index (χ3n) is 3.54. The van der Waals surface area contributed by atoms with Crippen molar-refractivity contribution >= 4 is 21.8 Å². The van der Waals surface area contributed by atoms with E-state index in [1.165, 1.54) is 12.1 Å². The lowest BCUT2D eigenvalue weighted by atomic mass is 9.94. The van der Waals surface area contributed by atoms with E-state index in [0.717, 1.165) is 6.07 Å². The maximum absolute atomic E-state index is 12.8. The molecule has 0 aliphatic heterocycles. The summed E-state index contributed by atoms with van der Waals surface area (Å²) in [5, 5.41) is 2.59. The van der Waals surface area contributed by atoms with Crippen LogP contribution in [0.1, 0.15) is 42.6 Å². The normalized spacial score (nSPS) is 12.3. The van der Waals surface area contributed by atoms with Crippen LogP contribution in [-0.4, -0.2) is 18.0 Å². The largest absolute Gasteiger partial charge is 0.417 e. The second-order valence-corrected chi connectivity index (χ2v) is 5.80. The van der Waals surface area contributed by atoms with E-state index in [1.54, 1.807) is 0 Å². The summed E-state index contributed by atoms with van der Waals surface area (Å²) in [6, 6.07) is 3.38. The van der Waals surface area contributed by atoms with Crippen LogP contribution in [0.3, 0.4) is 0 Å². The highest BCUT2D eigenvalue weighted by Gasteiger charge is 2.33. The number of rotatable bonds is 5. The molecule has 0 saturated heterocycles. The molecule has 3 nitrogen and oxygen atoms in total. The van der Waals surface area contributed by atoms with Gasteiger partial charge in [-0.05, 0) is 31.0 Å². The molecule has 0 aliphatic rings. The predicted octanol–water partition coefficient (Wildman–Crippen LogP) is 3.72. The molecule has 118 valence electrons. The minimum atomic E-state index is -4.51. The third kappa shape index (κ3) is 4.71. The van der Waals surface area contributed by atoms with E-state index in [0.29, 0.717) is 12.8 Å². The fourth-order valence-electron chi connectivity index (χ4n) is 1.74. The monoisotopic (exact) mass is 366 g/mol. The molecule has 0 saturated carbocycles. The zero-order valence-electron chi connectivity index (χ0n) is 11.9. The Kier molecular flexibility index (Phi) is 5.81. The molecule has 0 atom stereocenters. The van der Waals surface area contributed by atoms with Crippen molar-refractivity contribution in [2.75, 3.05) is 6.54 Å².